The minimum Gasteiger partial charge on any atom is -0.310 e. The van der Waals surface area contributed by atoms with E-state index in [2.05, 4.69) is 53.4 Å². The Morgan fingerprint density at radius 3 is 1.97 bits per heavy atom. The molecule has 2 heterocycles. The highest BCUT2D eigenvalue weighted by atomic mass is 16.1. The van der Waals surface area contributed by atoms with E-state index in [1.165, 1.54) is 0 Å². The van der Waals surface area contributed by atoms with Gasteiger partial charge in [-0.2, -0.15) is 0 Å². The van der Waals surface area contributed by atoms with Crippen molar-refractivity contribution in [1.29, 1.82) is 0 Å². The first-order valence-electron chi connectivity index (χ1n) is 11.3. The lowest BCUT2D eigenvalue weighted by Gasteiger charge is -2.27. The molecule has 0 aliphatic heterocycles. The van der Waals surface area contributed by atoms with Crippen LogP contribution in [0.3, 0.4) is 0 Å². The van der Waals surface area contributed by atoms with Gasteiger partial charge in [-0.3, -0.25) is 9.20 Å². The van der Waals surface area contributed by atoms with Gasteiger partial charge in [-0.15, -0.1) is 0 Å². The molecular formula is C30H19N3O. The maximum Gasteiger partial charge on any atom is 0.264 e. The maximum absolute atomic E-state index is 13.7. The average molecular weight is 438 g/mol. The van der Waals surface area contributed by atoms with Gasteiger partial charge in [0.2, 0.25) is 0 Å². The normalized spacial score (nSPS) is 11.6. The van der Waals surface area contributed by atoms with Gasteiger partial charge in [-0.05, 0) is 48.5 Å². The predicted molar refractivity (Wildman–Crippen MR) is 140 cm³/mol. The maximum atomic E-state index is 13.7. The summed E-state index contributed by atoms with van der Waals surface area (Å²) in [6.45, 7) is 0. The molecule has 0 unspecified atom stereocenters. The number of benzene rings is 5. The summed E-state index contributed by atoms with van der Waals surface area (Å²) < 4.78 is 1.75. The molecule has 0 spiro atoms. The standard InChI is InChI=1S/C30H19N3O/c34-30-24-18-19-26(32(20-10-3-1-4-11-20)21-12-5-2-6-13-21)22-14-9-15-23(28(22)24)29-31-25-16-7-8-17-27(25)33(29)30/h1-19H. The number of pyridine rings is 1. The van der Waals surface area contributed by atoms with E-state index in [1.54, 1.807) is 4.40 Å². The zero-order valence-corrected chi connectivity index (χ0v) is 18.2. The molecule has 0 N–H and O–H groups in total. The van der Waals surface area contributed by atoms with Crippen LogP contribution in [0.1, 0.15) is 0 Å². The van der Waals surface area contributed by atoms with Crippen molar-refractivity contribution in [3.63, 3.8) is 0 Å². The Morgan fingerprint density at radius 1 is 0.588 bits per heavy atom. The van der Waals surface area contributed by atoms with E-state index >= 15 is 0 Å². The fraction of sp³-hybridized carbons (Fsp3) is 0. The topological polar surface area (TPSA) is 37.6 Å². The fourth-order valence-corrected chi connectivity index (χ4v) is 5.06. The predicted octanol–water partition coefficient (Wildman–Crippen LogP) is 7.06. The molecule has 0 aliphatic rings. The molecule has 5 aromatic carbocycles. The number of fused-ring (bicyclic) bond motifs is 4. The summed E-state index contributed by atoms with van der Waals surface area (Å²) in [5, 5.41) is 3.65. The second kappa shape index (κ2) is 7.15. The zero-order valence-electron chi connectivity index (χ0n) is 18.2. The van der Waals surface area contributed by atoms with Crippen LogP contribution in [-0.2, 0) is 0 Å². The minimum atomic E-state index is -0.0371. The number of aromatic nitrogens is 2. The highest BCUT2D eigenvalue weighted by Gasteiger charge is 2.20. The van der Waals surface area contributed by atoms with Crippen LogP contribution in [0.15, 0.2) is 120 Å². The molecule has 34 heavy (non-hydrogen) atoms. The number of nitrogens with zero attached hydrogens (tertiary/aromatic N) is 3. The Balaban J connectivity index is 1.62. The Bertz CT molecular complexity index is 1840. The van der Waals surface area contributed by atoms with Crippen LogP contribution >= 0.6 is 0 Å². The molecule has 0 saturated carbocycles. The van der Waals surface area contributed by atoms with Crippen LogP contribution in [0.5, 0.6) is 0 Å². The van der Waals surface area contributed by atoms with E-state index in [1.807, 2.05) is 66.7 Å². The van der Waals surface area contributed by atoms with E-state index in [4.69, 9.17) is 4.98 Å². The van der Waals surface area contributed by atoms with Crippen molar-refractivity contribution in [2.24, 2.45) is 0 Å². The molecule has 2 aromatic heterocycles. The molecule has 160 valence electrons. The summed E-state index contributed by atoms with van der Waals surface area (Å²) in [5.74, 6) is 0. The molecule has 7 rings (SSSR count). The molecule has 0 fully saturated rings. The van der Waals surface area contributed by atoms with Crippen molar-refractivity contribution in [3.05, 3.63) is 126 Å². The smallest absolute Gasteiger partial charge is 0.264 e. The summed E-state index contributed by atoms with van der Waals surface area (Å²) in [6, 6.07) is 38.7. The molecule has 4 nitrogen and oxygen atoms in total. The first-order valence-corrected chi connectivity index (χ1v) is 11.3. The molecule has 0 amide bonds. The highest BCUT2D eigenvalue weighted by molar-refractivity contribution is 6.19. The van der Waals surface area contributed by atoms with E-state index in [9.17, 15) is 4.79 Å². The van der Waals surface area contributed by atoms with Gasteiger partial charge >= 0.3 is 0 Å². The van der Waals surface area contributed by atoms with Gasteiger partial charge < -0.3 is 4.90 Å². The van der Waals surface area contributed by atoms with Crippen molar-refractivity contribution >= 4 is 55.3 Å². The van der Waals surface area contributed by atoms with Crippen LogP contribution in [0, 0.1) is 0 Å². The molecular weight excluding hydrogens is 418 g/mol. The molecule has 0 bridgehead atoms. The van der Waals surface area contributed by atoms with Crippen molar-refractivity contribution in [2.75, 3.05) is 4.90 Å². The summed E-state index contributed by atoms with van der Waals surface area (Å²) in [4.78, 5) is 20.8. The van der Waals surface area contributed by atoms with Gasteiger partial charge in [0, 0.05) is 32.9 Å². The molecule has 0 saturated heterocycles. The van der Waals surface area contributed by atoms with Gasteiger partial charge in [0.15, 0.2) is 0 Å². The third-order valence-corrected chi connectivity index (χ3v) is 6.52. The molecule has 0 radical (unpaired) electrons. The first-order chi connectivity index (χ1) is 16.8. The molecule has 7 aromatic rings. The summed E-state index contributed by atoms with van der Waals surface area (Å²) in [7, 11) is 0. The lowest BCUT2D eigenvalue weighted by atomic mass is 9.99. The van der Waals surface area contributed by atoms with Gasteiger partial charge in [0.25, 0.3) is 5.56 Å². The Labute approximate surface area is 195 Å². The van der Waals surface area contributed by atoms with Gasteiger partial charge in [-0.25, -0.2) is 4.98 Å². The minimum absolute atomic E-state index is 0.0371. The average Bonchev–Trinajstić information content (AvgIpc) is 3.29. The Morgan fingerprint density at radius 2 is 1.24 bits per heavy atom. The largest absolute Gasteiger partial charge is 0.310 e. The van der Waals surface area contributed by atoms with E-state index in [-0.39, 0.29) is 5.56 Å². The third-order valence-electron chi connectivity index (χ3n) is 6.52. The molecule has 0 atom stereocenters. The van der Waals surface area contributed by atoms with Crippen molar-refractivity contribution in [2.45, 2.75) is 0 Å². The number of para-hydroxylation sites is 4. The van der Waals surface area contributed by atoms with Crippen LogP contribution in [0.25, 0.3) is 38.2 Å². The van der Waals surface area contributed by atoms with Crippen LogP contribution in [-0.4, -0.2) is 9.38 Å². The van der Waals surface area contributed by atoms with Crippen molar-refractivity contribution < 1.29 is 0 Å². The van der Waals surface area contributed by atoms with Gasteiger partial charge in [-0.1, -0.05) is 66.7 Å². The van der Waals surface area contributed by atoms with Gasteiger partial charge in [0.05, 0.1) is 16.7 Å². The quantitative estimate of drug-likeness (QED) is 0.297. The Hall–Kier alpha value is -4.70. The first kappa shape index (κ1) is 18.8. The van der Waals surface area contributed by atoms with E-state index < -0.39 is 0 Å². The van der Waals surface area contributed by atoms with Crippen molar-refractivity contribution in [3.8, 4) is 0 Å². The SMILES string of the molecule is O=c1c2ccc(N(c3ccccc3)c3ccccc3)c3cccc(c32)c2nc3ccccc3n12. The van der Waals surface area contributed by atoms with Crippen LogP contribution in [0.4, 0.5) is 17.1 Å². The molecule has 0 aliphatic carbocycles. The van der Waals surface area contributed by atoms with E-state index in [0.717, 1.165) is 44.3 Å². The Kier molecular flexibility index (Phi) is 3.96. The second-order valence-corrected chi connectivity index (χ2v) is 8.43. The summed E-state index contributed by atoms with van der Waals surface area (Å²) in [6.07, 6.45) is 0. The third kappa shape index (κ3) is 2.60. The summed E-state index contributed by atoms with van der Waals surface area (Å²) >= 11 is 0. The number of hydrogen-bond donors (Lipinski definition) is 0. The van der Waals surface area contributed by atoms with Crippen molar-refractivity contribution in [1.82, 2.24) is 9.38 Å². The van der Waals surface area contributed by atoms with E-state index in [0.29, 0.717) is 11.0 Å². The monoisotopic (exact) mass is 437 g/mol. The van der Waals surface area contributed by atoms with Gasteiger partial charge in [0.1, 0.15) is 5.65 Å². The number of rotatable bonds is 3. The number of anilines is 3. The zero-order chi connectivity index (χ0) is 22.6. The number of hydrogen-bond acceptors (Lipinski definition) is 3. The lowest BCUT2D eigenvalue weighted by molar-refractivity contribution is 1.19. The molecule has 4 heteroatoms. The number of imidazole rings is 1. The fourth-order valence-electron chi connectivity index (χ4n) is 5.06. The second-order valence-electron chi connectivity index (χ2n) is 8.43. The van der Waals surface area contributed by atoms with Crippen LogP contribution < -0.4 is 10.5 Å². The lowest BCUT2D eigenvalue weighted by Crippen LogP contribution is -2.15. The van der Waals surface area contributed by atoms with Crippen LogP contribution in [0.2, 0.25) is 0 Å². The highest BCUT2D eigenvalue weighted by Crippen LogP contribution is 2.41. The summed E-state index contributed by atoms with van der Waals surface area (Å²) in [5.41, 5.74) is 5.47.